The lowest BCUT2D eigenvalue weighted by molar-refractivity contribution is -0.132. The van der Waals surface area contributed by atoms with Crippen LogP contribution in [0.15, 0.2) is 48.5 Å². The number of carbonyl (C=O) groups excluding carboxylic acids is 2. The molecule has 172 valence electrons. The number of rotatable bonds is 7. The summed E-state index contributed by atoms with van der Waals surface area (Å²) in [4.78, 5) is 26.6. The number of amides is 2. The van der Waals surface area contributed by atoms with Crippen LogP contribution in [0.4, 0.5) is 4.39 Å². The molecular formula is C26H33FN2O3. The molecule has 0 atom stereocenters. The summed E-state index contributed by atoms with van der Waals surface area (Å²) in [6, 6.07) is 14.0. The van der Waals surface area contributed by atoms with Gasteiger partial charge in [-0.05, 0) is 54.5 Å². The van der Waals surface area contributed by atoms with Gasteiger partial charge in [0, 0.05) is 25.6 Å². The summed E-state index contributed by atoms with van der Waals surface area (Å²) in [7, 11) is 0. The predicted molar refractivity (Wildman–Crippen MR) is 123 cm³/mol. The summed E-state index contributed by atoms with van der Waals surface area (Å²) in [6.45, 7) is 8.21. The number of benzene rings is 2. The summed E-state index contributed by atoms with van der Waals surface area (Å²) in [5.41, 5.74) is 1.42. The van der Waals surface area contributed by atoms with E-state index >= 15 is 0 Å². The molecule has 0 radical (unpaired) electrons. The fourth-order valence-electron chi connectivity index (χ4n) is 3.80. The zero-order valence-electron chi connectivity index (χ0n) is 19.2. The molecule has 0 aliphatic carbocycles. The van der Waals surface area contributed by atoms with Crippen molar-refractivity contribution in [1.82, 2.24) is 10.2 Å². The van der Waals surface area contributed by atoms with Crippen molar-refractivity contribution in [3.63, 3.8) is 0 Å². The summed E-state index contributed by atoms with van der Waals surface area (Å²) >= 11 is 0. The SMILES string of the molecule is CC(C)(C)c1ccc(OCCCC(=O)N2CCC(NC(=O)c3ccccc3F)CC2)cc1. The monoisotopic (exact) mass is 440 g/mol. The first-order chi connectivity index (χ1) is 15.2. The van der Waals surface area contributed by atoms with Crippen LogP contribution in [-0.2, 0) is 10.2 Å². The standard InChI is InChI=1S/C26H33FN2O3/c1-26(2,3)19-10-12-21(13-11-19)32-18-6-9-24(30)29-16-14-20(15-17-29)28-25(31)22-7-4-5-8-23(22)27/h4-5,7-8,10-13,20H,6,9,14-18H2,1-3H3,(H,28,31). The molecule has 1 N–H and O–H groups in total. The molecule has 1 aliphatic rings. The minimum Gasteiger partial charge on any atom is -0.494 e. The number of nitrogens with zero attached hydrogens (tertiary/aromatic N) is 1. The average molecular weight is 441 g/mol. The van der Waals surface area contributed by atoms with Gasteiger partial charge in [-0.3, -0.25) is 9.59 Å². The molecule has 1 aliphatic heterocycles. The number of hydrogen-bond donors (Lipinski definition) is 1. The van der Waals surface area contributed by atoms with Crippen LogP contribution in [0.25, 0.3) is 0 Å². The van der Waals surface area contributed by atoms with Crippen LogP contribution in [0.3, 0.4) is 0 Å². The van der Waals surface area contributed by atoms with E-state index in [0.717, 1.165) is 5.75 Å². The maximum absolute atomic E-state index is 13.8. The Kier molecular flexibility index (Phi) is 7.89. The lowest BCUT2D eigenvalue weighted by atomic mass is 9.87. The molecule has 0 saturated carbocycles. The van der Waals surface area contributed by atoms with Crippen LogP contribution in [0.2, 0.25) is 0 Å². The number of ether oxygens (including phenoxy) is 1. The Morgan fingerprint density at radius 1 is 1.06 bits per heavy atom. The minimum atomic E-state index is -0.523. The van der Waals surface area contributed by atoms with Crippen LogP contribution in [0, 0.1) is 5.82 Å². The van der Waals surface area contributed by atoms with Crippen LogP contribution in [0.5, 0.6) is 5.75 Å². The topological polar surface area (TPSA) is 58.6 Å². The van der Waals surface area contributed by atoms with Gasteiger partial charge < -0.3 is 15.0 Å². The Labute approximate surface area is 190 Å². The largest absolute Gasteiger partial charge is 0.494 e. The van der Waals surface area contributed by atoms with Gasteiger partial charge in [0.2, 0.25) is 5.91 Å². The molecule has 0 bridgehead atoms. The van der Waals surface area contributed by atoms with Gasteiger partial charge in [-0.1, -0.05) is 45.0 Å². The molecule has 5 nitrogen and oxygen atoms in total. The van der Waals surface area contributed by atoms with Crippen molar-refractivity contribution in [3.05, 3.63) is 65.5 Å². The quantitative estimate of drug-likeness (QED) is 0.635. The molecule has 1 heterocycles. The van der Waals surface area contributed by atoms with E-state index in [1.165, 1.54) is 17.7 Å². The van der Waals surface area contributed by atoms with E-state index in [4.69, 9.17) is 4.74 Å². The average Bonchev–Trinajstić information content (AvgIpc) is 2.77. The second-order valence-electron chi connectivity index (χ2n) is 9.33. The molecule has 0 aromatic heterocycles. The first kappa shape index (κ1) is 23.8. The Balaban J connectivity index is 1.35. The van der Waals surface area contributed by atoms with E-state index in [1.54, 1.807) is 12.1 Å². The maximum atomic E-state index is 13.8. The number of piperidine rings is 1. The summed E-state index contributed by atoms with van der Waals surface area (Å²) in [5, 5.41) is 2.88. The Morgan fingerprint density at radius 2 is 1.72 bits per heavy atom. The minimum absolute atomic E-state index is 0.0504. The third-order valence-electron chi connectivity index (χ3n) is 5.83. The number of halogens is 1. The van der Waals surface area contributed by atoms with E-state index in [9.17, 15) is 14.0 Å². The number of carbonyl (C=O) groups is 2. The third-order valence-corrected chi connectivity index (χ3v) is 5.83. The number of hydrogen-bond acceptors (Lipinski definition) is 3. The molecule has 0 spiro atoms. The molecular weight excluding hydrogens is 407 g/mol. The third kappa shape index (κ3) is 6.55. The molecule has 32 heavy (non-hydrogen) atoms. The second kappa shape index (κ2) is 10.6. The maximum Gasteiger partial charge on any atom is 0.254 e. The zero-order valence-corrected chi connectivity index (χ0v) is 19.2. The van der Waals surface area contributed by atoms with Crippen molar-refractivity contribution in [2.24, 2.45) is 0 Å². The van der Waals surface area contributed by atoms with Gasteiger partial charge in [0.25, 0.3) is 5.91 Å². The Morgan fingerprint density at radius 3 is 2.34 bits per heavy atom. The molecule has 1 fully saturated rings. The fraction of sp³-hybridized carbons (Fsp3) is 0.462. The van der Waals surface area contributed by atoms with Gasteiger partial charge in [0.1, 0.15) is 11.6 Å². The van der Waals surface area contributed by atoms with Gasteiger partial charge in [-0.2, -0.15) is 0 Å². The van der Waals surface area contributed by atoms with E-state index in [0.29, 0.717) is 45.4 Å². The second-order valence-corrected chi connectivity index (χ2v) is 9.33. The highest BCUT2D eigenvalue weighted by atomic mass is 19.1. The van der Waals surface area contributed by atoms with Crippen molar-refractivity contribution < 1.29 is 18.7 Å². The van der Waals surface area contributed by atoms with Crippen LogP contribution < -0.4 is 10.1 Å². The van der Waals surface area contributed by atoms with Crippen LogP contribution in [-0.4, -0.2) is 42.5 Å². The normalized spacial score (nSPS) is 14.8. The molecule has 0 unspecified atom stereocenters. The summed E-state index contributed by atoms with van der Waals surface area (Å²) in [6.07, 6.45) is 2.43. The van der Waals surface area contributed by atoms with E-state index < -0.39 is 11.7 Å². The highest BCUT2D eigenvalue weighted by Crippen LogP contribution is 2.24. The molecule has 2 amide bonds. The molecule has 1 saturated heterocycles. The van der Waals surface area contributed by atoms with Crippen molar-refractivity contribution >= 4 is 11.8 Å². The van der Waals surface area contributed by atoms with E-state index in [-0.39, 0.29) is 22.9 Å². The van der Waals surface area contributed by atoms with Gasteiger partial charge in [-0.25, -0.2) is 4.39 Å². The van der Waals surface area contributed by atoms with Gasteiger partial charge >= 0.3 is 0 Å². The summed E-state index contributed by atoms with van der Waals surface area (Å²) < 4.78 is 19.5. The smallest absolute Gasteiger partial charge is 0.254 e. The number of nitrogens with one attached hydrogen (secondary N) is 1. The van der Waals surface area contributed by atoms with E-state index in [1.807, 2.05) is 17.0 Å². The highest BCUT2D eigenvalue weighted by Gasteiger charge is 2.24. The Bertz CT molecular complexity index is 913. The van der Waals surface area contributed by atoms with E-state index in [2.05, 4.69) is 38.2 Å². The molecule has 6 heteroatoms. The molecule has 2 aromatic rings. The Hall–Kier alpha value is -2.89. The lowest BCUT2D eigenvalue weighted by Gasteiger charge is -2.32. The van der Waals surface area contributed by atoms with Gasteiger partial charge in [0.15, 0.2) is 0 Å². The molecule has 3 rings (SSSR count). The fourth-order valence-corrected chi connectivity index (χ4v) is 3.80. The van der Waals surface area contributed by atoms with Crippen LogP contribution >= 0.6 is 0 Å². The highest BCUT2D eigenvalue weighted by molar-refractivity contribution is 5.94. The first-order valence-electron chi connectivity index (χ1n) is 11.3. The first-order valence-corrected chi connectivity index (χ1v) is 11.3. The summed E-state index contributed by atoms with van der Waals surface area (Å²) in [5.74, 6) is -0.00189. The zero-order chi connectivity index (χ0) is 23.1. The van der Waals surface area contributed by atoms with Crippen LogP contribution in [0.1, 0.15) is 62.4 Å². The van der Waals surface area contributed by atoms with Crippen molar-refractivity contribution in [3.8, 4) is 5.75 Å². The van der Waals surface area contributed by atoms with Crippen molar-refractivity contribution in [2.45, 2.75) is 57.9 Å². The predicted octanol–water partition coefficient (Wildman–Crippen LogP) is 4.70. The van der Waals surface area contributed by atoms with Gasteiger partial charge in [-0.15, -0.1) is 0 Å². The van der Waals surface area contributed by atoms with Crippen molar-refractivity contribution in [2.75, 3.05) is 19.7 Å². The van der Waals surface area contributed by atoms with Gasteiger partial charge in [0.05, 0.1) is 12.2 Å². The molecule has 2 aromatic carbocycles. The number of likely N-dealkylation sites (tertiary alicyclic amines) is 1. The lowest BCUT2D eigenvalue weighted by Crippen LogP contribution is -2.46. The van der Waals surface area contributed by atoms with Crippen molar-refractivity contribution in [1.29, 1.82) is 0 Å².